The van der Waals surface area contributed by atoms with Crippen molar-refractivity contribution in [3.8, 4) is 5.75 Å². The zero-order valence-corrected chi connectivity index (χ0v) is 16.1. The summed E-state index contributed by atoms with van der Waals surface area (Å²) in [5.74, 6) is 2.09. The molecule has 2 saturated carbocycles. The number of amides is 1. The number of carbonyl (C=O) groups is 1. The maximum Gasteiger partial charge on any atom is 0.223 e. The number of nitrogens with one attached hydrogen (secondary N) is 1. The number of halogens is 1. The summed E-state index contributed by atoms with van der Waals surface area (Å²) < 4.78 is 5.76. The normalized spacial score (nSPS) is 28.0. The molecule has 1 aromatic carbocycles. The Bertz CT molecular complexity index is 559. The van der Waals surface area contributed by atoms with Gasteiger partial charge in [0.25, 0.3) is 0 Å². The van der Waals surface area contributed by atoms with E-state index in [0.717, 1.165) is 18.6 Å². The van der Waals surface area contributed by atoms with Crippen LogP contribution >= 0.6 is 12.4 Å². The Kier molecular flexibility index (Phi) is 7.14. The first-order valence-corrected chi connectivity index (χ1v) is 9.27. The molecule has 2 aliphatic rings. The van der Waals surface area contributed by atoms with E-state index in [1.54, 1.807) is 0 Å². The molecule has 1 amide bonds. The Morgan fingerprint density at radius 2 is 1.76 bits per heavy atom. The van der Waals surface area contributed by atoms with Crippen molar-refractivity contribution in [2.75, 3.05) is 6.61 Å². The van der Waals surface area contributed by atoms with Gasteiger partial charge < -0.3 is 15.8 Å². The van der Waals surface area contributed by atoms with Crippen molar-refractivity contribution < 1.29 is 9.53 Å². The van der Waals surface area contributed by atoms with Gasteiger partial charge in [-0.05, 0) is 74.6 Å². The largest absolute Gasteiger partial charge is 0.493 e. The number of aryl methyl sites for hydroxylation is 2. The summed E-state index contributed by atoms with van der Waals surface area (Å²) in [4.78, 5) is 12.3. The van der Waals surface area contributed by atoms with Crippen LogP contribution in [-0.2, 0) is 4.79 Å². The molecule has 5 heteroatoms. The predicted molar refractivity (Wildman–Crippen MR) is 103 cm³/mol. The first kappa shape index (κ1) is 20.1. The third kappa shape index (κ3) is 5.35. The molecule has 0 radical (unpaired) electrons. The third-order valence-corrected chi connectivity index (χ3v) is 5.50. The van der Waals surface area contributed by atoms with Gasteiger partial charge in [-0.3, -0.25) is 4.79 Å². The molecule has 2 atom stereocenters. The van der Waals surface area contributed by atoms with E-state index in [2.05, 4.69) is 25.2 Å². The maximum atomic E-state index is 12.3. The molecular weight excluding hydrogens is 336 g/mol. The van der Waals surface area contributed by atoms with Crippen LogP contribution in [0.3, 0.4) is 0 Å². The fourth-order valence-corrected chi connectivity index (χ4v) is 4.56. The molecule has 2 aliphatic carbocycles. The third-order valence-electron chi connectivity index (χ3n) is 5.50. The Morgan fingerprint density at radius 3 is 2.36 bits per heavy atom. The van der Waals surface area contributed by atoms with Crippen molar-refractivity contribution in [3.63, 3.8) is 0 Å². The summed E-state index contributed by atoms with van der Waals surface area (Å²) in [5.41, 5.74) is 8.52. The number of carbonyl (C=O) groups excluding carboxylic acids is 1. The smallest absolute Gasteiger partial charge is 0.223 e. The minimum Gasteiger partial charge on any atom is -0.493 e. The second-order valence-electron chi connectivity index (χ2n) is 7.70. The summed E-state index contributed by atoms with van der Waals surface area (Å²) in [5, 5.41) is 3.28. The van der Waals surface area contributed by atoms with E-state index in [4.69, 9.17) is 10.5 Å². The van der Waals surface area contributed by atoms with Crippen molar-refractivity contribution in [2.45, 2.75) is 64.5 Å². The summed E-state index contributed by atoms with van der Waals surface area (Å²) >= 11 is 0. The molecule has 2 fully saturated rings. The van der Waals surface area contributed by atoms with Crippen molar-refractivity contribution >= 4 is 18.3 Å². The first-order valence-electron chi connectivity index (χ1n) is 9.27. The van der Waals surface area contributed by atoms with Crippen LogP contribution in [0.4, 0.5) is 0 Å². The van der Waals surface area contributed by atoms with Gasteiger partial charge in [0.2, 0.25) is 5.91 Å². The molecule has 0 aromatic heterocycles. The molecule has 3 N–H and O–H groups in total. The Hall–Kier alpha value is -1.26. The van der Waals surface area contributed by atoms with Gasteiger partial charge in [-0.1, -0.05) is 12.5 Å². The van der Waals surface area contributed by atoms with Gasteiger partial charge in [0.05, 0.1) is 13.0 Å². The number of fused-ring (bicyclic) bond motifs is 2. The highest BCUT2D eigenvalue weighted by molar-refractivity contribution is 5.85. The van der Waals surface area contributed by atoms with E-state index in [1.165, 1.54) is 30.4 Å². The average Bonchev–Trinajstić information content (AvgIpc) is 2.47. The van der Waals surface area contributed by atoms with Gasteiger partial charge in [-0.2, -0.15) is 0 Å². The van der Waals surface area contributed by atoms with E-state index in [1.807, 2.05) is 12.1 Å². The predicted octanol–water partition coefficient (Wildman–Crippen LogP) is 3.52. The molecule has 2 bridgehead atoms. The van der Waals surface area contributed by atoms with E-state index in [9.17, 15) is 4.79 Å². The summed E-state index contributed by atoms with van der Waals surface area (Å²) in [6.45, 7) is 4.54. The molecule has 0 saturated heterocycles. The van der Waals surface area contributed by atoms with E-state index in [0.29, 0.717) is 36.9 Å². The number of ether oxygens (including phenoxy) is 1. The highest BCUT2D eigenvalue weighted by atomic mass is 35.5. The van der Waals surface area contributed by atoms with Gasteiger partial charge in [0, 0.05) is 12.1 Å². The van der Waals surface area contributed by atoms with Crippen LogP contribution in [-0.4, -0.2) is 24.6 Å². The van der Waals surface area contributed by atoms with Crippen LogP contribution in [0.2, 0.25) is 0 Å². The number of nitrogens with two attached hydrogens (primary N) is 1. The van der Waals surface area contributed by atoms with Crippen molar-refractivity contribution in [1.82, 2.24) is 5.32 Å². The Balaban J connectivity index is 0.00000225. The minimum atomic E-state index is 0. The van der Waals surface area contributed by atoms with Crippen LogP contribution in [0.25, 0.3) is 0 Å². The highest BCUT2D eigenvalue weighted by Crippen LogP contribution is 2.39. The average molecular weight is 367 g/mol. The Labute approximate surface area is 157 Å². The minimum absolute atomic E-state index is 0. The van der Waals surface area contributed by atoms with Crippen LogP contribution < -0.4 is 15.8 Å². The van der Waals surface area contributed by atoms with Crippen molar-refractivity contribution in [3.05, 3.63) is 29.3 Å². The van der Waals surface area contributed by atoms with E-state index in [-0.39, 0.29) is 18.3 Å². The van der Waals surface area contributed by atoms with Gasteiger partial charge >= 0.3 is 0 Å². The summed E-state index contributed by atoms with van der Waals surface area (Å²) in [6, 6.07) is 6.79. The number of hydrogen-bond acceptors (Lipinski definition) is 3. The number of hydrogen-bond donors (Lipinski definition) is 2. The molecule has 0 spiro atoms. The standard InChI is InChI=1S/C20H30N2O2.ClH/c1-13-8-14(2)10-18(9-13)24-7-6-19(23)22-20-15-4-3-5-16(20)12-17(21)11-15;/h8-10,15-17,20H,3-7,11-12,21H2,1-2H3,(H,22,23);1H. The monoisotopic (exact) mass is 366 g/mol. The topological polar surface area (TPSA) is 64.3 Å². The molecule has 3 rings (SSSR count). The van der Waals surface area contributed by atoms with Crippen LogP contribution in [0.5, 0.6) is 5.75 Å². The van der Waals surface area contributed by atoms with Gasteiger partial charge in [0.15, 0.2) is 0 Å². The molecule has 4 nitrogen and oxygen atoms in total. The number of benzene rings is 1. The van der Waals surface area contributed by atoms with Gasteiger partial charge in [-0.25, -0.2) is 0 Å². The van der Waals surface area contributed by atoms with Crippen LogP contribution in [0, 0.1) is 25.7 Å². The van der Waals surface area contributed by atoms with Gasteiger partial charge in [-0.15, -0.1) is 12.4 Å². The fourth-order valence-electron chi connectivity index (χ4n) is 4.56. The lowest BCUT2D eigenvalue weighted by Gasteiger charge is -2.45. The Morgan fingerprint density at radius 1 is 1.16 bits per heavy atom. The summed E-state index contributed by atoms with van der Waals surface area (Å²) in [7, 11) is 0. The second kappa shape index (κ2) is 8.91. The van der Waals surface area contributed by atoms with E-state index >= 15 is 0 Å². The number of rotatable bonds is 5. The molecule has 140 valence electrons. The maximum absolute atomic E-state index is 12.3. The van der Waals surface area contributed by atoms with Crippen molar-refractivity contribution in [2.24, 2.45) is 17.6 Å². The molecule has 25 heavy (non-hydrogen) atoms. The lowest BCUT2D eigenvalue weighted by atomic mass is 9.67. The highest BCUT2D eigenvalue weighted by Gasteiger charge is 2.39. The zero-order chi connectivity index (χ0) is 17.1. The SMILES string of the molecule is Cc1cc(C)cc(OCCC(=O)NC2C3CCCC2CC(N)C3)c1.Cl. The second-order valence-corrected chi connectivity index (χ2v) is 7.70. The lowest BCUT2D eigenvalue weighted by molar-refractivity contribution is -0.123. The van der Waals surface area contributed by atoms with Crippen LogP contribution in [0.1, 0.15) is 49.7 Å². The molecular formula is C20H31ClN2O2. The fraction of sp³-hybridized carbons (Fsp3) is 0.650. The molecule has 0 heterocycles. The quantitative estimate of drug-likeness (QED) is 0.838. The molecule has 1 aromatic rings. The van der Waals surface area contributed by atoms with Gasteiger partial charge in [0.1, 0.15) is 5.75 Å². The summed E-state index contributed by atoms with van der Waals surface area (Å²) in [6.07, 6.45) is 6.21. The van der Waals surface area contributed by atoms with E-state index < -0.39 is 0 Å². The first-order chi connectivity index (χ1) is 11.5. The van der Waals surface area contributed by atoms with Crippen molar-refractivity contribution in [1.29, 1.82) is 0 Å². The molecule has 0 aliphatic heterocycles. The zero-order valence-electron chi connectivity index (χ0n) is 15.3. The van der Waals surface area contributed by atoms with Crippen LogP contribution in [0.15, 0.2) is 18.2 Å². The molecule has 2 unspecified atom stereocenters. The lowest BCUT2D eigenvalue weighted by Crippen LogP contribution is -2.53.